The SMILES string of the molecule is CCOc1cc(/C=C2/SC(=S)N(c3ccc(Br)cc3)C2=O)ccc1OCc1ccc2ccccc2c1. The maximum absolute atomic E-state index is 13.1. The van der Waals surface area contributed by atoms with Crippen LogP contribution in [0.1, 0.15) is 18.1 Å². The van der Waals surface area contributed by atoms with Gasteiger partial charge in [0, 0.05) is 4.47 Å². The predicted octanol–water partition coefficient (Wildman–Crippen LogP) is 7.99. The summed E-state index contributed by atoms with van der Waals surface area (Å²) in [5.41, 5.74) is 2.67. The lowest BCUT2D eigenvalue weighted by Gasteiger charge is -2.14. The number of ether oxygens (including phenoxy) is 2. The summed E-state index contributed by atoms with van der Waals surface area (Å²) in [4.78, 5) is 15.2. The number of rotatable bonds is 7. The first-order valence-electron chi connectivity index (χ1n) is 11.4. The second kappa shape index (κ2) is 10.9. The summed E-state index contributed by atoms with van der Waals surface area (Å²) < 4.78 is 13.4. The summed E-state index contributed by atoms with van der Waals surface area (Å²) in [6, 6.07) is 27.8. The average molecular weight is 577 g/mol. The fraction of sp³-hybridized carbons (Fsp3) is 0.103. The fourth-order valence-electron chi connectivity index (χ4n) is 3.92. The van der Waals surface area contributed by atoms with Gasteiger partial charge in [-0.1, -0.05) is 82.4 Å². The Morgan fingerprint density at radius 2 is 1.69 bits per heavy atom. The third-order valence-corrected chi connectivity index (χ3v) is 7.48. The van der Waals surface area contributed by atoms with E-state index >= 15 is 0 Å². The highest BCUT2D eigenvalue weighted by Gasteiger charge is 2.33. The van der Waals surface area contributed by atoms with E-state index in [2.05, 4.69) is 46.3 Å². The number of hydrogen-bond acceptors (Lipinski definition) is 5. The van der Waals surface area contributed by atoms with E-state index in [1.807, 2.05) is 67.6 Å². The Labute approximate surface area is 228 Å². The lowest BCUT2D eigenvalue weighted by Crippen LogP contribution is -2.27. The largest absolute Gasteiger partial charge is 0.490 e. The molecular weight excluding hydrogens is 554 g/mol. The number of thiocarbonyl (C=S) groups is 1. The van der Waals surface area contributed by atoms with E-state index in [1.54, 1.807) is 4.90 Å². The average Bonchev–Trinajstić information content (AvgIpc) is 3.16. The zero-order chi connectivity index (χ0) is 25.1. The zero-order valence-corrected chi connectivity index (χ0v) is 22.7. The molecule has 7 heteroatoms. The van der Waals surface area contributed by atoms with Crippen molar-refractivity contribution in [3.63, 3.8) is 0 Å². The molecule has 0 aromatic heterocycles. The monoisotopic (exact) mass is 575 g/mol. The summed E-state index contributed by atoms with van der Waals surface area (Å²) >= 11 is 10.2. The second-order valence-corrected chi connectivity index (χ2v) is 10.7. The minimum absolute atomic E-state index is 0.137. The summed E-state index contributed by atoms with van der Waals surface area (Å²) in [6.07, 6.45) is 1.84. The number of carbonyl (C=O) groups is 1. The summed E-state index contributed by atoms with van der Waals surface area (Å²) in [5, 5.41) is 2.38. The van der Waals surface area contributed by atoms with Gasteiger partial charge in [-0.2, -0.15) is 0 Å². The first-order chi connectivity index (χ1) is 17.5. The number of benzene rings is 4. The fourth-order valence-corrected chi connectivity index (χ4v) is 5.49. The maximum atomic E-state index is 13.1. The van der Waals surface area contributed by atoms with Crippen LogP contribution in [0.5, 0.6) is 11.5 Å². The van der Waals surface area contributed by atoms with Crippen molar-refractivity contribution >= 4 is 72.7 Å². The Hall–Kier alpha value is -3.13. The first kappa shape index (κ1) is 24.6. The topological polar surface area (TPSA) is 38.8 Å². The van der Waals surface area contributed by atoms with Gasteiger partial charge in [0.1, 0.15) is 6.61 Å². The molecule has 1 saturated heterocycles. The van der Waals surface area contributed by atoms with Crippen molar-refractivity contribution in [3.8, 4) is 11.5 Å². The van der Waals surface area contributed by atoms with Crippen LogP contribution >= 0.6 is 39.9 Å². The van der Waals surface area contributed by atoms with Crippen molar-refractivity contribution in [3.05, 3.63) is 105 Å². The molecule has 0 N–H and O–H groups in total. The van der Waals surface area contributed by atoms with Crippen LogP contribution in [0.25, 0.3) is 16.8 Å². The minimum Gasteiger partial charge on any atom is -0.490 e. The molecule has 180 valence electrons. The van der Waals surface area contributed by atoms with Crippen LogP contribution in [0.2, 0.25) is 0 Å². The summed E-state index contributed by atoms with van der Waals surface area (Å²) in [7, 11) is 0. The van der Waals surface area contributed by atoms with Crippen molar-refractivity contribution in [2.24, 2.45) is 0 Å². The van der Waals surface area contributed by atoms with E-state index < -0.39 is 0 Å². The molecule has 0 saturated carbocycles. The Bertz CT molecular complexity index is 1480. The molecule has 0 bridgehead atoms. The van der Waals surface area contributed by atoms with E-state index in [9.17, 15) is 4.79 Å². The zero-order valence-electron chi connectivity index (χ0n) is 19.4. The molecule has 5 rings (SSSR count). The van der Waals surface area contributed by atoms with Crippen molar-refractivity contribution in [2.75, 3.05) is 11.5 Å². The van der Waals surface area contributed by atoms with Gasteiger partial charge in [-0.25, -0.2) is 0 Å². The van der Waals surface area contributed by atoms with Gasteiger partial charge in [0.25, 0.3) is 5.91 Å². The highest BCUT2D eigenvalue weighted by Crippen LogP contribution is 2.37. The number of nitrogens with zero attached hydrogens (tertiary/aromatic N) is 1. The molecule has 1 aliphatic heterocycles. The number of halogens is 1. The smallest absolute Gasteiger partial charge is 0.270 e. The molecule has 0 spiro atoms. The molecule has 4 aromatic rings. The summed E-state index contributed by atoms with van der Waals surface area (Å²) in [6.45, 7) is 2.86. The highest BCUT2D eigenvalue weighted by molar-refractivity contribution is 9.10. The number of anilines is 1. The van der Waals surface area contributed by atoms with Crippen LogP contribution in [-0.4, -0.2) is 16.8 Å². The molecule has 36 heavy (non-hydrogen) atoms. The third kappa shape index (κ3) is 5.33. The first-order valence-corrected chi connectivity index (χ1v) is 13.4. The van der Waals surface area contributed by atoms with Gasteiger partial charge in [0.15, 0.2) is 15.8 Å². The van der Waals surface area contributed by atoms with Gasteiger partial charge in [-0.05, 0) is 77.4 Å². The molecule has 1 heterocycles. The van der Waals surface area contributed by atoms with Crippen LogP contribution in [0.4, 0.5) is 5.69 Å². The van der Waals surface area contributed by atoms with Crippen LogP contribution in [0.3, 0.4) is 0 Å². The molecule has 1 aliphatic rings. The van der Waals surface area contributed by atoms with Crippen molar-refractivity contribution in [1.82, 2.24) is 0 Å². The highest BCUT2D eigenvalue weighted by atomic mass is 79.9. The number of hydrogen-bond donors (Lipinski definition) is 0. The Kier molecular flexibility index (Phi) is 7.41. The molecule has 0 radical (unpaired) electrons. The van der Waals surface area contributed by atoms with Gasteiger partial charge in [0.2, 0.25) is 0 Å². The molecule has 0 unspecified atom stereocenters. The molecular formula is C29H22BrNO3S2. The maximum Gasteiger partial charge on any atom is 0.270 e. The normalized spacial score (nSPS) is 14.6. The van der Waals surface area contributed by atoms with Crippen molar-refractivity contribution in [2.45, 2.75) is 13.5 Å². The van der Waals surface area contributed by atoms with Crippen LogP contribution in [0.15, 0.2) is 94.3 Å². The Morgan fingerprint density at radius 3 is 2.47 bits per heavy atom. The molecule has 0 atom stereocenters. The van der Waals surface area contributed by atoms with Crippen molar-refractivity contribution < 1.29 is 14.3 Å². The van der Waals surface area contributed by atoms with Gasteiger partial charge < -0.3 is 9.47 Å². The second-order valence-electron chi connectivity index (χ2n) is 8.10. The van der Waals surface area contributed by atoms with E-state index in [4.69, 9.17) is 21.7 Å². The van der Waals surface area contributed by atoms with Gasteiger partial charge in [-0.15, -0.1) is 0 Å². The van der Waals surface area contributed by atoms with Crippen LogP contribution in [0, 0.1) is 0 Å². The van der Waals surface area contributed by atoms with Crippen LogP contribution in [-0.2, 0) is 11.4 Å². The lowest BCUT2D eigenvalue weighted by molar-refractivity contribution is -0.113. The number of amides is 1. The molecule has 1 fully saturated rings. The number of carbonyl (C=O) groups excluding carboxylic acids is 1. The standard InChI is InChI=1S/C29H22BrNO3S2/c1-2-33-26-16-19(17-27-28(32)31(29(35)36-27)24-12-10-23(30)11-13-24)8-14-25(26)34-18-20-7-9-21-5-3-4-6-22(21)15-20/h3-17H,2,18H2,1H3/b27-17+. The number of fused-ring (bicyclic) bond motifs is 1. The van der Waals surface area contributed by atoms with Gasteiger partial charge >= 0.3 is 0 Å². The van der Waals surface area contributed by atoms with E-state index in [-0.39, 0.29) is 5.91 Å². The third-order valence-electron chi connectivity index (χ3n) is 5.65. The summed E-state index contributed by atoms with van der Waals surface area (Å²) in [5.74, 6) is 1.15. The van der Waals surface area contributed by atoms with E-state index in [1.165, 1.54) is 22.5 Å². The van der Waals surface area contributed by atoms with E-state index in [0.717, 1.165) is 21.3 Å². The number of thioether (sulfide) groups is 1. The lowest BCUT2D eigenvalue weighted by atomic mass is 10.1. The van der Waals surface area contributed by atoms with E-state index in [0.29, 0.717) is 33.9 Å². The van der Waals surface area contributed by atoms with Gasteiger partial charge in [-0.3, -0.25) is 9.69 Å². The molecule has 4 aromatic carbocycles. The molecule has 4 nitrogen and oxygen atoms in total. The van der Waals surface area contributed by atoms with Crippen LogP contribution < -0.4 is 14.4 Å². The van der Waals surface area contributed by atoms with Crippen molar-refractivity contribution in [1.29, 1.82) is 0 Å². The molecule has 1 amide bonds. The Balaban J connectivity index is 1.35. The quantitative estimate of drug-likeness (QED) is 0.165. The molecule has 0 aliphatic carbocycles. The van der Waals surface area contributed by atoms with Gasteiger partial charge in [0.05, 0.1) is 17.2 Å². The Morgan fingerprint density at radius 1 is 0.917 bits per heavy atom. The predicted molar refractivity (Wildman–Crippen MR) is 156 cm³/mol. The minimum atomic E-state index is -0.137.